The average Bonchev–Trinajstić information content (AvgIpc) is 2.25. The molecule has 0 aromatic heterocycles. The van der Waals surface area contributed by atoms with E-state index in [1.165, 1.54) is 6.07 Å². The van der Waals surface area contributed by atoms with Crippen LogP contribution in [-0.2, 0) is 0 Å². The van der Waals surface area contributed by atoms with E-state index in [1.807, 2.05) is 6.92 Å². The van der Waals surface area contributed by atoms with Crippen molar-refractivity contribution in [2.24, 2.45) is 11.7 Å². The molecule has 4 heteroatoms. The molecule has 0 spiro atoms. The maximum Gasteiger partial charge on any atom is 0.165 e. The Morgan fingerprint density at radius 2 is 2.12 bits per heavy atom. The molecule has 1 aromatic carbocycles. The number of halogens is 2. The van der Waals surface area contributed by atoms with Crippen molar-refractivity contribution in [2.75, 3.05) is 6.54 Å². The van der Waals surface area contributed by atoms with Crippen LogP contribution in [0.15, 0.2) is 18.2 Å². The van der Waals surface area contributed by atoms with Crippen LogP contribution in [0.4, 0.5) is 8.78 Å². The number of hydrogen-bond donors (Lipinski definition) is 1. The van der Waals surface area contributed by atoms with E-state index in [-0.39, 0.29) is 23.7 Å². The molecule has 0 saturated carbocycles. The van der Waals surface area contributed by atoms with Crippen LogP contribution in [0.2, 0.25) is 0 Å². The average molecular weight is 227 g/mol. The molecule has 0 saturated heterocycles. The molecule has 88 valence electrons. The van der Waals surface area contributed by atoms with Crippen LogP contribution in [0, 0.1) is 17.6 Å². The van der Waals surface area contributed by atoms with Gasteiger partial charge in [-0.15, -0.1) is 0 Å². The number of nitrogens with two attached hydrogens (primary N) is 1. The van der Waals surface area contributed by atoms with Gasteiger partial charge < -0.3 is 5.73 Å². The van der Waals surface area contributed by atoms with Crippen LogP contribution < -0.4 is 5.73 Å². The number of benzene rings is 1. The maximum atomic E-state index is 13.2. The molecule has 0 fully saturated rings. The Balaban J connectivity index is 2.66. The Morgan fingerprint density at radius 1 is 1.44 bits per heavy atom. The second-order valence-electron chi connectivity index (χ2n) is 3.93. The molecule has 0 heterocycles. The minimum absolute atomic E-state index is 0.0504. The van der Waals surface area contributed by atoms with Crippen molar-refractivity contribution >= 4 is 5.78 Å². The van der Waals surface area contributed by atoms with Gasteiger partial charge in [0.25, 0.3) is 0 Å². The summed E-state index contributed by atoms with van der Waals surface area (Å²) in [4.78, 5) is 11.6. The molecular formula is C12H15F2NO. The molecule has 1 aromatic rings. The topological polar surface area (TPSA) is 43.1 Å². The number of Topliss-reactive ketones (excluding diaryl/α,β-unsaturated/α-hetero) is 1. The standard InChI is InChI=1S/C12H15F2NO/c1-8(7-15)2-5-12(16)10-4-3-9(13)6-11(10)14/h3-4,6,8H,2,5,7,15H2,1H3. The fourth-order valence-electron chi connectivity index (χ4n) is 1.35. The second kappa shape index (κ2) is 5.70. The number of carbonyl (C=O) groups excluding carboxylic acids is 1. The lowest BCUT2D eigenvalue weighted by atomic mass is 10.00. The van der Waals surface area contributed by atoms with Gasteiger partial charge >= 0.3 is 0 Å². The molecule has 2 N–H and O–H groups in total. The summed E-state index contributed by atoms with van der Waals surface area (Å²) in [6, 6.07) is 2.99. The van der Waals surface area contributed by atoms with E-state index in [9.17, 15) is 13.6 Å². The Kier molecular flexibility index (Phi) is 4.55. The van der Waals surface area contributed by atoms with Gasteiger partial charge in [0.1, 0.15) is 11.6 Å². The molecule has 2 nitrogen and oxygen atoms in total. The monoisotopic (exact) mass is 227 g/mol. The van der Waals surface area contributed by atoms with Crippen molar-refractivity contribution in [2.45, 2.75) is 19.8 Å². The second-order valence-corrected chi connectivity index (χ2v) is 3.93. The van der Waals surface area contributed by atoms with Gasteiger partial charge in [-0.25, -0.2) is 8.78 Å². The van der Waals surface area contributed by atoms with E-state index in [0.717, 1.165) is 12.1 Å². The zero-order chi connectivity index (χ0) is 12.1. The zero-order valence-corrected chi connectivity index (χ0v) is 9.17. The van der Waals surface area contributed by atoms with Crippen molar-refractivity contribution in [3.63, 3.8) is 0 Å². The summed E-state index contributed by atoms with van der Waals surface area (Å²) in [6.07, 6.45) is 0.854. The first kappa shape index (κ1) is 12.8. The first-order valence-electron chi connectivity index (χ1n) is 5.23. The summed E-state index contributed by atoms with van der Waals surface area (Å²) in [5.41, 5.74) is 5.36. The van der Waals surface area contributed by atoms with E-state index in [0.29, 0.717) is 13.0 Å². The van der Waals surface area contributed by atoms with Gasteiger partial charge in [-0.1, -0.05) is 6.92 Å². The summed E-state index contributed by atoms with van der Waals surface area (Å²) >= 11 is 0. The SMILES string of the molecule is CC(CN)CCC(=O)c1ccc(F)cc1F. The minimum Gasteiger partial charge on any atom is -0.330 e. The summed E-state index contributed by atoms with van der Waals surface area (Å²) < 4.78 is 25.8. The quantitative estimate of drug-likeness (QED) is 0.785. The smallest absolute Gasteiger partial charge is 0.165 e. The van der Waals surface area contributed by atoms with E-state index >= 15 is 0 Å². The lowest BCUT2D eigenvalue weighted by Crippen LogP contribution is -2.13. The molecule has 0 aliphatic carbocycles. The van der Waals surface area contributed by atoms with Crippen LogP contribution >= 0.6 is 0 Å². The molecule has 1 atom stereocenters. The molecule has 16 heavy (non-hydrogen) atoms. The highest BCUT2D eigenvalue weighted by atomic mass is 19.1. The number of ketones is 1. The number of hydrogen-bond acceptors (Lipinski definition) is 2. The van der Waals surface area contributed by atoms with Crippen molar-refractivity contribution < 1.29 is 13.6 Å². The number of rotatable bonds is 5. The van der Waals surface area contributed by atoms with Gasteiger partial charge in [-0.2, -0.15) is 0 Å². The Bertz CT molecular complexity index is 379. The van der Waals surface area contributed by atoms with E-state index < -0.39 is 11.6 Å². The maximum absolute atomic E-state index is 13.2. The van der Waals surface area contributed by atoms with Crippen molar-refractivity contribution in [1.29, 1.82) is 0 Å². The minimum atomic E-state index is -0.801. The molecule has 0 aliphatic heterocycles. The van der Waals surface area contributed by atoms with E-state index in [4.69, 9.17) is 5.73 Å². The fraction of sp³-hybridized carbons (Fsp3) is 0.417. The van der Waals surface area contributed by atoms with Gasteiger partial charge in [-0.05, 0) is 31.0 Å². The normalized spacial score (nSPS) is 12.5. The van der Waals surface area contributed by atoms with Crippen LogP contribution in [-0.4, -0.2) is 12.3 Å². The summed E-state index contributed by atoms with van der Waals surface area (Å²) in [5.74, 6) is -1.56. The first-order chi connectivity index (χ1) is 7.54. The van der Waals surface area contributed by atoms with Gasteiger partial charge in [0.2, 0.25) is 0 Å². The van der Waals surface area contributed by atoms with Crippen molar-refractivity contribution in [3.05, 3.63) is 35.4 Å². The predicted octanol–water partition coefficient (Wildman–Crippen LogP) is 2.52. The van der Waals surface area contributed by atoms with Gasteiger partial charge in [0.05, 0.1) is 5.56 Å². The van der Waals surface area contributed by atoms with Crippen LogP contribution in [0.3, 0.4) is 0 Å². The summed E-state index contributed by atoms with van der Waals surface area (Å²) in [7, 11) is 0. The third kappa shape index (κ3) is 3.38. The van der Waals surface area contributed by atoms with Gasteiger partial charge in [0.15, 0.2) is 5.78 Å². The van der Waals surface area contributed by atoms with Crippen molar-refractivity contribution in [3.8, 4) is 0 Å². The molecular weight excluding hydrogens is 212 g/mol. The molecule has 1 unspecified atom stereocenters. The van der Waals surface area contributed by atoms with Crippen molar-refractivity contribution in [1.82, 2.24) is 0 Å². The lowest BCUT2D eigenvalue weighted by Gasteiger charge is -2.07. The highest BCUT2D eigenvalue weighted by Gasteiger charge is 2.13. The van der Waals surface area contributed by atoms with Crippen LogP contribution in [0.5, 0.6) is 0 Å². The molecule has 0 radical (unpaired) electrons. The Labute approximate surface area is 93.5 Å². The zero-order valence-electron chi connectivity index (χ0n) is 9.17. The molecule has 0 bridgehead atoms. The van der Waals surface area contributed by atoms with E-state index in [1.54, 1.807) is 0 Å². The molecule has 0 amide bonds. The highest BCUT2D eigenvalue weighted by molar-refractivity contribution is 5.96. The number of carbonyl (C=O) groups is 1. The molecule has 1 rings (SSSR count). The Morgan fingerprint density at radius 3 is 2.69 bits per heavy atom. The highest BCUT2D eigenvalue weighted by Crippen LogP contribution is 2.14. The third-order valence-corrected chi connectivity index (χ3v) is 2.50. The summed E-state index contributed by atoms with van der Waals surface area (Å²) in [6.45, 7) is 2.42. The predicted molar refractivity (Wildman–Crippen MR) is 58.1 cm³/mol. The van der Waals surface area contributed by atoms with E-state index in [2.05, 4.69) is 0 Å². The largest absolute Gasteiger partial charge is 0.330 e. The fourth-order valence-corrected chi connectivity index (χ4v) is 1.35. The summed E-state index contributed by atoms with van der Waals surface area (Å²) in [5, 5.41) is 0. The Hall–Kier alpha value is -1.29. The lowest BCUT2D eigenvalue weighted by molar-refractivity contribution is 0.0971. The molecule has 0 aliphatic rings. The third-order valence-electron chi connectivity index (χ3n) is 2.50. The van der Waals surface area contributed by atoms with Crippen LogP contribution in [0.1, 0.15) is 30.1 Å². The first-order valence-corrected chi connectivity index (χ1v) is 5.23. The van der Waals surface area contributed by atoms with Crippen LogP contribution in [0.25, 0.3) is 0 Å². The van der Waals surface area contributed by atoms with Gasteiger partial charge in [-0.3, -0.25) is 4.79 Å². The van der Waals surface area contributed by atoms with Gasteiger partial charge in [0, 0.05) is 12.5 Å².